The number of alkyl halides is 2. The third-order valence-electron chi connectivity index (χ3n) is 2.79. The van der Waals surface area contributed by atoms with Crippen molar-refractivity contribution in [2.75, 3.05) is 17.7 Å². The number of rotatable bonds is 5. The monoisotopic (exact) mass is 305 g/mol. The van der Waals surface area contributed by atoms with Crippen LogP contribution >= 0.6 is 11.8 Å². The van der Waals surface area contributed by atoms with Gasteiger partial charge in [-0.3, -0.25) is 4.79 Å². The summed E-state index contributed by atoms with van der Waals surface area (Å²) >= 11 is 0.876. The molecule has 0 unspecified atom stereocenters. The van der Waals surface area contributed by atoms with E-state index in [9.17, 15) is 18.0 Å². The van der Waals surface area contributed by atoms with E-state index in [0.717, 1.165) is 24.2 Å². The lowest BCUT2D eigenvalue weighted by molar-refractivity contribution is -0.124. The minimum Gasteiger partial charge on any atom is -0.368 e. The SMILES string of the molecule is O=C(Nc1cc(F)ccc1SCC(F)F)[C@@H]1CCCO1. The van der Waals surface area contributed by atoms with Crippen molar-refractivity contribution in [3.63, 3.8) is 0 Å². The highest BCUT2D eigenvalue weighted by atomic mass is 32.2. The van der Waals surface area contributed by atoms with Gasteiger partial charge in [-0.25, -0.2) is 13.2 Å². The van der Waals surface area contributed by atoms with Crippen LogP contribution in [-0.2, 0) is 9.53 Å². The Balaban J connectivity index is 2.07. The fourth-order valence-corrected chi connectivity index (χ4v) is 2.61. The molecular weight excluding hydrogens is 291 g/mol. The van der Waals surface area contributed by atoms with Crippen molar-refractivity contribution in [1.29, 1.82) is 0 Å². The molecule has 1 N–H and O–H groups in total. The minimum absolute atomic E-state index is 0.205. The Kier molecular flexibility index (Phi) is 5.31. The number of ether oxygens (including phenoxy) is 1. The number of benzene rings is 1. The van der Waals surface area contributed by atoms with Gasteiger partial charge < -0.3 is 10.1 Å². The molecule has 1 fully saturated rings. The molecule has 0 aromatic heterocycles. The number of halogens is 3. The Morgan fingerprint density at radius 1 is 1.50 bits per heavy atom. The van der Waals surface area contributed by atoms with Gasteiger partial charge in [0.15, 0.2) is 0 Å². The molecule has 2 rings (SSSR count). The summed E-state index contributed by atoms with van der Waals surface area (Å²) in [5, 5.41) is 2.55. The average molecular weight is 305 g/mol. The molecule has 0 radical (unpaired) electrons. The van der Waals surface area contributed by atoms with Crippen LogP contribution in [0.4, 0.5) is 18.9 Å². The van der Waals surface area contributed by atoms with Crippen molar-refractivity contribution < 1.29 is 22.7 Å². The van der Waals surface area contributed by atoms with Gasteiger partial charge in [0.05, 0.1) is 11.4 Å². The molecule has 1 heterocycles. The molecule has 110 valence electrons. The number of carbonyl (C=O) groups excluding carboxylic acids is 1. The lowest BCUT2D eigenvalue weighted by Crippen LogP contribution is -2.27. The topological polar surface area (TPSA) is 38.3 Å². The van der Waals surface area contributed by atoms with Crippen LogP contribution in [0.25, 0.3) is 0 Å². The van der Waals surface area contributed by atoms with Gasteiger partial charge in [0.25, 0.3) is 5.91 Å². The van der Waals surface area contributed by atoms with E-state index >= 15 is 0 Å². The van der Waals surface area contributed by atoms with Crippen LogP contribution in [-0.4, -0.2) is 30.8 Å². The predicted molar refractivity (Wildman–Crippen MR) is 70.7 cm³/mol. The number of amides is 1. The molecule has 1 aliphatic rings. The van der Waals surface area contributed by atoms with E-state index in [1.165, 1.54) is 12.1 Å². The number of nitrogens with one attached hydrogen (secondary N) is 1. The maximum absolute atomic E-state index is 13.2. The molecule has 0 saturated carbocycles. The summed E-state index contributed by atoms with van der Waals surface area (Å²) in [7, 11) is 0. The maximum atomic E-state index is 13.2. The van der Waals surface area contributed by atoms with Gasteiger partial charge in [-0.2, -0.15) is 0 Å². The first-order chi connectivity index (χ1) is 9.56. The number of hydrogen-bond donors (Lipinski definition) is 1. The van der Waals surface area contributed by atoms with Gasteiger partial charge in [0, 0.05) is 11.5 Å². The molecule has 20 heavy (non-hydrogen) atoms. The van der Waals surface area contributed by atoms with Gasteiger partial charge in [0.1, 0.15) is 11.9 Å². The maximum Gasteiger partial charge on any atom is 0.253 e. The Bertz CT molecular complexity index is 479. The van der Waals surface area contributed by atoms with Gasteiger partial charge in [-0.15, -0.1) is 11.8 Å². The zero-order chi connectivity index (χ0) is 14.5. The second-order valence-electron chi connectivity index (χ2n) is 4.33. The summed E-state index contributed by atoms with van der Waals surface area (Å²) in [6, 6.07) is 3.68. The number of anilines is 1. The first kappa shape index (κ1) is 15.2. The van der Waals surface area contributed by atoms with Crippen molar-refractivity contribution >= 4 is 23.4 Å². The fourth-order valence-electron chi connectivity index (χ4n) is 1.88. The van der Waals surface area contributed by atoms with Crippen LogP contribution in [0, 0.1) is 5.82 Å². The van der Waals surface area contributed by atoms with Crippen LogP contribution in [0.3, 0.4) is 0 Å². The third-order valence-corrected chi connectivity index (χ3v) is 3.87. The smallest absolute Gasteiger partial charge is 0.253 e. The van der Waals surface area contributed by atoms with E-state index in [2.05, 4.69) is 5.32 Å². The average Bonchev–Trinajstić information content (AvgIpc) is 2.91. The van der Waals surface area contributed by atoms with Crippen LogP contribution in [0.15, 0.2) is 23.1 Å². The van der Waals surface area contributed by atoms with Crippen LogP contribution < -0.4 is 5.32 Å². The molecule has 3 nitrogen and oxygen atoms in total. The normalized spacial score (nSPS) is 18.5. The summed E-state index contributed by atoms with van der Waals surface area (Å²) < 4.78 is 42.9. The highest BCUT2D eigenvalue weighted by molar-refractivity contribution is 7.99. The van der Waals surface area contributed by atoms with E-state index in [1.54, 1.807) is 0 Å². The highest BCUT2D eigenvalue weighted by Gasteiger charge is 2.24. The van der Waals surface area contributed by atoms with Crippen molar-refractivity contribution in [1.82, 2.24) is 0 Å². The van der Waals surface area contributed by atoms with E-state index in [4.69, 9.17) is 4.74 Å². The molecule has 0 aliphatic carbocycles. The molecule has 1 atom stereocenters. The van der Waals surface area contributed by atoms with Gasteiger partial charge in [0.2, 0.25) is 6.43 Å². The van der Waals surface area contributed by atoms with Crippen molar-refractivity contribution in [2.24, 2.45) is 0 Å². The third kappa shape index (κ3) is 4.14. The number of hydrogen-bond acceptors (Lipinski definition) is 3. The summed E-state index contributed by atoms with van der Waals surface area (Å²) in [5.41, 5.74) is 0.205. The standard InChI is InChI=1S/C13H14F3NO2S/c14-8-3-4-11(20-7-12(15)16)9(6-8)17-13(18)10-2-1-5-19-10/h3-4,6,10,12H,1-2,5,7H2,(H,17,18)/t10-/m0/s1. The van der Waals surface area contributed by atoms with Gasteiger partial charge >= 0.3 is 0 Å². The Labute approximate surface area is 118 Å². The predicted octanol–water partition coefficient (Wildman–Crippen LogP) is 3.30. The van der Waals surface area contributed by atoms with E-state index < -0.39 is 24.1 Å². The first-order valence-corrected chi connectivity index (χ1v) is 7.18. The Morgan fingerprint density at radius 2 is 2.30 bits per heavy atom. The minimum atomic E-state index is -2.47. The van der Waals surface area contributed by atoms with Gasteiger partial charge in [-0.05, 0) is 31.0 Å². The molecule has 0 bridgehead atoms. The molecule has 7 heteroatoms. The van der Waals surface area contributed by atoms with E-state index in [-0.39, 0.29) is 11.6 Å². The summed E-state index contributed by atoms with van der Waals surface area (Å²) in [6.45, 7) is 0.522. The lowest BCUT2D eigenvalue weighted by Gasteiger charge is -2.13. The Morgan fingerprint density at radius 3 is 2.95 bits per heavy atom. The van der Waals surface area contributed by atoms with Crippen LogP contribution in [0.1, 0.15) is 12.8 Å². The largest absolute Gasteiger partial charge is 0.368 e. The van der Waals surface area contributed by atoms with Crippen molar-refractivity contribution in [3.05, 3.63) is 24.0 Å². The molecule has 1 saturated heterocycles. The zero-order valence-corrected chi connectivity index (χ0v) is 11.4. The summed E-state index contributed by atoms with van der Waals surface area (Å²) in [5.74, 6) is -1.31. The fraction of sp³-hybridized carbons (Fsp3) is 0.462. The number of thioether (sulfide) groups is 1. The van der Waals surface area contributed by atoms with Crippen LogP contribution in [0.5, 0.6) is 0 Å². The molecule has 1 aromatic carbocycles. The zero-order valence-electron chi connectivity index (χ0n) is 10.6. The second kappa shape index (κ2) is 6.99. The Hall–Kier alpha value is -1.21. The van der Waals surface area contributed by atoms with E-state index in [1.807, 2.05) is 0 Å². The van der Waals surface area contributed by atoms with Crippen molar-refractivity contribution in [3.8, 4) is 0 Å². The van der Waals surface area contributed by atoms with Crippen LogP contribution in [0.2, 0.25) is 0 Å². The number of carbonyl (C=O) groups is 1. The first-order valence-electron chi connectivity index (χ1n) is 6.19. The molecule has 1 aromatic rings. The molecule has 1 amide bonds. The van der Waals surface area contributed by atoms with E-state index in [0.29, 0.717) is 17.9 Å². The summed E-state index contributed by atoms with van der Waals surface area (Å²) in [4.78, 5) is 12.3. The quantitative estimate of drug-likeness (QED) is 0.848. The lowest BCUT2D eigenvalue weighted by atomic mass is 10.2. The highest BCUT2D eigenvalue weighted by Crippen LogP contribution is 2.29. The molecule has 0 spiro atoms. The molecule has 1 aliphatic heterocycles. The van der Waals surface area contributed by atoms with Crippen molar-refractivity contribution in [2.45, 2.75) is 30.3 Å². The summed E-state index contributed by atoms with van der Waals surface area (Å²) in [6.07, 6.45) is -1.60. The molecular formula is C13H14F3NO2S. The second-order valence-corrected chi connectivity index (χ2v) is 5.40. The van der Waals surface area contributed by atoms with Gasteiger partial charge in [-0.1, -0.05) is 0 Å².